The van der Waals surface area contributed by atoms with E-state index in [2.05, 4.69) is 5.32 Å². The molecule has 2 aromatic carbocycles. The van der Waals surface area contributed by atoms with Gasteiger partial charge >= 0.3 is 12.1 Å². The van der Waals surface area contributed by atoms with Crippen LogP contribution in [0.5, 0.6) is 0 Å². The predicted octanol–water partition coefficient (Wildman–Crippen LogP) is 4.55. The monoisotopic (exact) mass is 383 g/mol. The molecule has 0 saturated carbocycles. The number of rotatable bonds is 5. The molecule has 0 atom stereocenters. The van der Waals surface area contributed by atoms with Crippen molar-refractivity contribution in [3.8, 4) is 0 Å². The van der Waals surface area contributed by atoms with Crippen molar-refractivity contribution in [2.45, 2.75) is 6.18 Å². The number of amides is 1. The highest BCUT2D eigenvalue weighted by Crippen LogP contribution is 2.33. The fourth-order valence-electron chi connectivity index (χ4n) is 1.90. The normalized spacial score (nSPS) is 11.4. The SMILES string of the molecule is O=C(COC(=O)/C=C/c1ccccc1)Nc1cc(C(F)(F)F)ccc1Cl. The summed E-state index contributed by atoms with van der Waals surface area (Å²) in [4.78, 5) is 23.3. The first-order chi connectivity index (χ1) is 12.3. The highest BCUT2D eigenvalue weighted by Gasteiger charge is 2.31. The number of carbonyl (C=O) groups excluding carboxylic acids is 2. The minimum Gasteiger partial charge on any atom is -0.452 e. The summed E-state index contributed by atoms with van der Waals surface area (Å²) in [6.45, 7) is -0.662. The van der Waals surface area contributed by atoms with Crippen LogP contribution in [0, 0.1) is 0 Å². The molecule has 0 radical (unpaired) electrons. The van der Waals surface area contributed by atoms with Crippen LogP contribution in [0.1, 0.15) is 11.1 Å². The summed E-state index contributed by atoms with van der Waals surface area (Å²) < 4.78 is 42.8. The standard InChI is InChI=1S/C18H13ClF3NO3/c19-14-8-7-13(18(20,21)22)10-15(14)23-16(24)11-26-17(25)9-6-12-4-2-1-3-5-12/h1-10H,11H2,(H,23,24)/b9-6+. The summed E-state index contributed by atoms with van der Waals surface area (Å²) in [7, 11) is 0. The van der Waals surface area contributed by atoms with Gasteiger partial charge in [-0.2, -0.15) is 13.2 Å². The Balaban J connectivity index is 1.91. The Morgan fingerprint density at radius 3 is 2.46 bits per heavy atom. The van der Waals surface area contributed by atoms with E-state index in [4.69, 9.17) is 16.3 Å². The van der Waals surface area contributed by atoms with Gasteiger partial charge in [-0.15, -0.1) is 0 Å². The molecule has 0 unspecified atom stereocenters. The van der Waals surface area contributed by atoms with Gasteiger partial charge in [0.25, 0.3) is 5.91 Å². The summed E-state index contributed by atoms with van der Waals surface area (Å²) in [5, 5.41) is 2.11. The van der Waals surface area contributed by atoms with E-state index in [1.165, 1.54) is 6.08 Å². The van der Waals surface area contributed by atoms with Crippen molar-refractivity contribution >= 4 is 35.2 Å². The van der Waals surface area contributed by atoms with Gasteiger partial charge in [-0.1, -0.05) is 41.9 Å². The lowest BCUT2D eigenvalue weighted by Crippen LogP contribution is -2.20. The Morgan fingerprint density at radius 1 is 1.12 bits per heavy atom. The van der Waals surface area contributed by atoms with Gasteiger partial charge in [-0.05, 0) is 29.8 Å². The summed E-state index contributed by atoms with van der Waals surface area (Å²) in [5.41, 5.74) is -0.410. The number of hydrogen-bond acceptors (Lipinski definition) is 3. The van der Waals surface area contributed by atoms with E-state index >= 15 is 0 Å². The zero-order valence-electron chi connectivity index (χ0n) is 13.2. The predicted molar refractivity (Wildman–Crippen MR) is 91.5 cm³/mol. The van der Waals surface area contributed by atoms with Crippen LogP contribution in [0.2, 0.25) is 5.02 Å². The van der Waals surface area contributed by atoms with Crippen LogP contribution in [-0.4, -0.2) is 18.5 Å². The molecule has 0 fully saturated rings. The summed E-state index contributed by atoms with van der Waals surface area (Å²) in [6, 6.07) is 11.5. The molecule has 0 saturated heterocycles. The maximum absolute atomic E-state index is 12.7. The van der Waals surface area contributed by atoms with Crippen molar-refractivity contribution in [1.82, 2.24) is 0 Å². The molecule has 2 rings (SSSR count). The maximum Gasteiger partial charge on any atom is 0.416 e. The largest absolute Gasteiger partial charge is 0.452 e. The third kappa shape index (κ3) is 5.93. The molecule has 0 aliphatic heterocycles. The fraction of sp³-hybridized carbons (Fsp3) is 0.111. The Kier molecular flexibility index (Phi) is 6.41. The van der Waals surface area contributed by atoms with E-state index in [-0.39, 0.29) is 10.7 Å². The quantitative estimate of drug-likeness (QED) is 0.608. The minimum absolute atomic E-state index is 0.0679. The molecule has 0 spiro atoms. The number of halogens is 4. The van der Waals surface area contributed by atoms with Crippen LogP contribution >= 0.6 is 11.6 Å². The lowest BCUT2D eigenvalue weighted by atomic mass is 10.2. The molecule has 1 N–H and O–H groups in total. The molecule has 0 bridgehead atoms. The third-order valence-electron chi connectivity index (χ3n) is 3.12. The average molecular weight is 384 g/mol. The van der Waals surface area contributed by atoms with Gasteiger partial charge in [0.2, 0.25) is 0 Å². The van der Waals surface area contributed by atoms with Crippen molar-refractivity contribution in [2.24, 2.45) is 0 Å². The molecule has 8 heteroatoms. The molecular formula is C18H13ClF3NO3. The number of anilines is 1. The summed E-state index contributed by atoms with van der Waals surface area (Å²) in [5.74, 6) is -1.58. The van der Waals surface area contributed by atoms with Crippen LogP contribution in [0.4, 0.5) is 18.9 Å². The number of ether oxygens (including phenoxy) is 1. The van der Waals surface area contributed by atoms with Crippen LogP contribution in [-0.2, 0) is 20.5 Å². The highest BCUT2D eigenvalue weighted by molar-refractivity contribution is 6.33. The van der Waals surface area contributed by atoms with E-state index in [9.17, 15) is 22.8 Å². The van der Waals surface area contributed by atoms with E-state index in [1.54, 1.807) is 24.3 Å². The van der Waals surface area contributed by atoms with Crippen molar-refractivity contribution < 1.29 is 27.5 Å². The third-order valence-corrected chi connectivity index (χ3v) is 3.45. The molecule has 1 amide bonds. The second kappa shape index (κ2) is 8.53. The van der Waals surface area contributed by atoms with E-state index in [1.807, 2.05) is 6.07 Å². The Bertz CT molecular complexity index is 820. The second-order valence-corrected chi connectivity index (χ2v) is 5.50. The van der Waals surface area contributed by atoms with Crippen LogP contribution in [0.15, 0.2) is 54.6 Å². The second-order valence-electron chi connectivity index (χ2n) is 5.09. The number of nitrogens with one attached hydrogen (secondary N) is 1. The molecule has 136 valence electrons. The van der Waals surface area contributed by atoms with Crippen LogP contribution in [0.25, 0.3) is 6.08 Å². The van der Waals surface area contributed by atoms with Gasteiger partial charge in [-0.25, -0.2) is 4.79 Å². The Hall–Kier alpha value is -2.80. The molecular weight excluding hydrogens is 371 g/mol. The molecule has 0 aliphatic carbocycles. The van der Waals surface area contributed by atoms with Crippen LogP contribution in [0.3, 0.4) is 0 Å². The van der Waals surface area contributed by atoms with Gasteiger partial charge in [-0.3, -0.25) is 4.79 Å². The molecule has 0 heterocycles. The molecule has 0 aromatic heterocycles. The van der Waals surface area contributed by atoms with Gasteiger partial charge in [0.05, 0.1) is 16.3 Å². The molecule has 26 heavy (non-hydrogen) atoms. The lowest BCUT2D eigenvalue weighted by Gasteiger charge is -2.11. The van der Waals surface area contributed by atoms with Gasteiger partial charge in [0.15, 0.2) is 6.61 Å². The van der Waals surface area contributed by atoms with Crippen LogP contribution < -0.4 is 5.32 Å². The van der Waals surface area contributed by atoms with Crippen molar-refractivity contribution in [1.29, 1.82) is 0 Å². The Labute approximate surface area is 152 Å². The maximum atomic E-state index is 12.7. The van der Waals surface area contributed by atoms with E-state index < -0.39 is 30.2 Å². The fourth-order valence-corrected chi connectivity index (χ4v) is 2.06. The molecule has 0 aliphatic rings. The van der Waals surface area contributed by atoms with Gasteiger partial charge in [0, 0.05) is 6.08 Å². The first kappa shape index (κ1) is 19.5. The lowest BCUT2D eigenvalue weighted by molar-refractivity contribution is -0.142. The smallest absolute Gasteiger partial charge is 0.416 e. The van der Waals surface area contributed by atoms with E-state index in [0.717, 1.165) is 23.8 Å². The zero-order valence-corrected chi connectivity index (χ0v) is 14.0. The van der Waals surface area contributed by atoms with Crippen molar-refractivity contribution in [3.63, 3.8) is 0 Å². The summed E-state index contributed by atoms with van der Waals surface area (Å²) >= 11 is 5.77. The van der Waals surface area contributed by atoms with Gasteiger partial charge < -0.3 is 10.1 Å². The average Bonchev–Trinajstić information content (AvgIpc) is 2.60. The first-order valence-electron chi connectivity index (χ1n) is 7.32. The number of esters is 1. The highest BCUT2D eigenvalue weighted by atomic mass is 35.5. The van der Waals surface area contributed by atoms with E-state index in [0.29, 0.717) is 6.07 Å². The number of carbonyl (C=O) groups is 2. The number of alkyl halides is 3. The molecule has 4 nitrogen and oxygen atoms in total. The van der Waals surface area contributed by atoms with Crippen molar-refractivity contribution in [3.05, 3.63) is 70.8 Å². The molecule has 2 aromatic rings. The van der Waals surface area contributed by atoms with Crippen molar-refractivity contribution in [2.75, 3.05) is 11.9 Å². The minimum atomic E-state index is -4.57. The van der Waals surface area contributed by atoms with Gasteiger partial charge in [0.1, 0.15) is 0 Å². The topological polar surface area (TPSA) is 55.4 Å². The zero-order chi connectivity index (χ0) is 19.2. The first-order valence-corrected chi connectivity index (χ1v) is 7.70. The Morgan fingerprint density at radius 2 is 1.81 bits per heavy atom. The number of benzene rings is 2. The number of hydrogen-bond donors (Lipinski definition) is 1. The summed E-state index contributed by atoms with van der Waals surface area (Å²) in [6.07, 6.45) is -1.93.